The molecule has 4 rings (SSSR count). The Labute approximate surface area is 292 Å². The van der Waals surface area contributed by atoms with Crippen LogP contribution in [0.5, 0.6) is 0 Å². The number of aliphatic hydroxyl groups is 1. The molecule has 2 unspecified atom stereocenters. The number of fused-ring (bicyclic) bond motifs is 1. The summed E-state index contributed by atoms with van der Waals surface area (Å²) in [4.78, 5) is 69.9. The summed E-state index contributed by atoms with van der Waals surface area (Å²) in [6.45, 7) is 11.3. The Kier molecular flexibility index (Phi) is 12.1. The van der Waals surface area contributed by atoms with Crippen molar-refractivity contribution in [2.45, 2.75) is 122 Å². The van der Waals surface area contributed by atoms with Crippen LogP contribution in [-0.4, -0.2) is 113 Å². The van der Waals surface area contributed by atoms with E-state index in [-0.39, 0.29) is 36.3 Å². The van der Waals surface area contributed by atoms with Crippen molar-refractivity contribution in [3.63, 3.8) is 0 Å². The highest BCUT2D eigenvalue weighted by molar-refractivity contribution is 6.00. The fourth-order valence-corrected chi connectivity index (χ4v) is 7.43. The molecule has 0 radical (unpaired) electrons. The SMILES string of the molecule is CC[C@H]1OC(=O)[C@H](C)C(=O)[C@H](C)C(OC2O[C@H](C)C[C@H](N(C)C)[C@H]2O)[C@](C)(OC(=O)n2ccc(C#N)c2)C[C@@H](C)C(=O)[C@H](C)[C@@H]2NC(=O)O[C@@H]21. The van der Waals surface area contributed by atoms with Gasteiger partial charge in [0.1, 0.15) is 41.7 Å². The molecule has 3 saturated heterocycles. The largest absolute Gasteiger partial charge is 0.458 e. The molecule has 0 spiro atoms. The van der Waals surface area contributed by atoms with Gasteiger partial charge in [0.25, 0.3) is 0 Å². The minimum atomic E-state index is -1.77. The lowest BCUT2D eigenvalue weighted by Crippen LogP contribution is -2.60. The maximum atomic E-state index is 14.2. The quantitative estimate of drug-likeness (QED) is 0.259. The Morgan fingerprint density at radius 1 is 1.12 bits per heavy atom. The maximum absolute atomic E-state index is 14.2. The van der Waals surface area contributed by atoms with Crippen LogP contribution in [0.25, 0.3) is 0 Å². The van der Waals surface area contributed by atoms with Gasteiger partial charge in [-0.15, -0.1) is 0 Å². The number of likely N-dealkylation sites (N-methyl/N-ethyl adjacent to an activating group) is 1. The molecule has 1 aromatic rings. The van der Waals surface area contributed by atoms with Crippen molar-refractivity contribution in [3.05, 3.63) is 24.0 Å². The summed E-state index contributed by atoms with van der Waals surface area (Å²) in [7, 11) is 3.62. The average molecular weight is 703 g/mol. The number of aromatic nitrogens is 1. The second kappa shape index (κ2) is 15.6. The highest BCUT2D eigenvalue weighted by Crippen LogP contribution is 2.38. The molecule has 1 aromatic heterocycles. The molecule has 0 bridgehead atoms. The Morgan fingerprint density at radius 2 is 1.80 bits per heavy atom. The number of nitriles is 1. The number of hydrogen-bond acceptors (Lipinski definition) is 13. The normalized spacial score (nSPS) is 38.7. The predicted molar refractivity (Wildman–Crippen MR) is 175 cm³/mol. The number of esters is 1. The van der Waals surface area contributed by atoms with E-state index in [1.165, 1.54) is 39.2 Å². The fourth-order valence-electron chi connectivity index (χ4n) is 7.43. The maximum Gasteiger partial charge on any atom is 0.418 e. The summed E-state index contributed by atoms with van der Waals surface area (Å²) in [5, 5.41) is 23.5. The van der Waals surface area contributed by atoms with Gasteiger partial charge in [-0.25, -0.2) is 9.59 Å². The van der Waals surface area contributed by atoms with Gasteiger partial charge in [-0.3, -0.25) is 19.0 Å². The number of nitrogens with zero attached hydrogens (tertiary/aromatic N) is 3. The molecule has 0 saturated carbocycles. The fraction of sp³-hybridized carbons (Fsp3) is 0.714. The van der Waals surface area contributed by atoms with Crippen molar-refractivity contribution in [2.75, 3.05) is 14.1 Å². The smallest absolute Gasteiger partial charge is 0.418 e. The number of carbonyl (C=O) groups excluding carboxylic acids is 5. The minimum Gasteiger partial charge on any atom is -0.458 e. The van der Waals surface area contributed by atoms with Gasteiger partial charge in [0.15, 0.2) is 18.2 Å². The molecule has 1 amide bonds. The average Bonchev–Trinajstić information content (AvgIpc) is 3.71. The molecular weight excluding hydrogens is 652 g/mol. The van der Waals surface area contributed by atoms with Crippen LogP contribution in [-0.2, 0) is 38.1 Å². The first-order chi connectivity index (χ1) is 23.4. The van der Waals surface area contributed by atoms with Gasteiger partial charge in [-0.05, 0) is 60.2 Å². The van der Waals surface area contributed by atoms with Gasteiger partial charge in [0, 0.05) is 36.2 Å². The highest BCUT2D eigenvalue weighted by atomic mass is 16.7. The molecule has 15 nitrogen and oxygen atoms in total. The summed E-state index contributed by atoms with van der Waals surface area (Å²) in [5.74, 6) is -5.99. The number of alkyl carbamates (subject to hydrolysis) is 1. The molecule has 3 aliphatic rings. The Balaban J connectivity index is 1.84. The summed E-state index contributed by atoms with van der Waals surface area (Å²) in [6.07, 6.45) is -4.66. The first-order valence-corrected chi connectivity index (χ1v) is 17.1. The van der Waals surface area contributed by atoms with Crippen LogP contribution in [0.1, 0.15) is 73.3 Å². The molecule has 4 heterocycles. The zero-order chi connectivity index (χ0) is 37.2. The predicted octanol–water partition coefficient (Wildman–Crippen LogP) is 2.80. The lowest BCUT2D eigenvalue weighted by molar-refractivity contribution is -0.292. The summed E-state index contributed by atoms with van der Waals surface area (Å²) >= 11 is 0. The number of ether oxygens (including phenoxy) is 5. The number of ketones is 2. The number of carbonyl (C=O) groups is 5. The second-order valence-corrected chi connectivity index (χ2v) is 14.4. The van der Waals surface area contributed by atoms with Crippen molar-refractivity contribution in [1.29, 1.82) is 5.26 Å². The van der Waals surface area contributed by atoms with Crippen LogP contribution >= 0.6 is 0 Å². The Hall–Kier alpha value is -3.84. The zero-order valence-corrected chi connectivity index (χ0v) is 30.2. The Morgan fingerprint density at radius 3 is 2.40 bits per heavy atom. The van der Waals surface area contributed by atoms with E-state index >= 15 is 0 Å². The van der Waals surface area contributed by atoms with Crippen LogP contribution in [0.4, 0.5) is 9.59 Å². The summed E-state index contributed by atoms with van der Waals surface area (Å²) in [6, 6.07) is 2.13. The number of cyclic esters (lactones) is 1. The van der Waals surface area contributed by atoms with E-state index in [0.29, 0.717) is 6.42 Å². The lowest BCUT2D eigenvalue weighted by Gasteiger charge is -2.46. The van der Waals surface area contributed by atoms with Crippen LogP contribution in [0.2, 0.25) is 0 Å². The van der Waals surface area contributed by atoms with Crippen LogP contribution in [0.15, 0.2) is 18.5 Å². The molecule has 2 N–H and O–H groups in total. The van der Waals surface area contributed by atoms with E-state index in [9.17, 15) is 34.3 Å². The van der Waals surface area contributed by atoms with Crippen LogP contribution in [0.3, 0.4) is 0 Å². The number of nitrogens with one attached hydrogen (secondary N) is 1. The molecule has 50 heavy (non-hydrogen) atoms. The standard InChI is InChI=1S/C35H50N4O11/c1-10-24-29-25(37-33(44)48-29)19(4)26(40)17(2)14-35(7,50-34(45)39-12-11-22(15-36)16-39)30(20(5)27(41)21(6)31(43)47-24)49-32-28(42)23(38(8)9)13-18(3)46-32/h11-12,16-21,23-25,28-30,32,42H,10,13-14H2,1-9H3,(H,37,44)/t17-,18-,19-,20+,21-,23+,24-,25+,28-,29-,30?,32?,35-/m1/s1. The molecule has 3 aliphatic heterocycles. The van der Waals surface area contributed by atoms with E-state index in [4.69, 9.17) is 23.7 Å². The number of hydrogen-bond donors (Lipinski definition) is 2. The van der Waals surface area contributed by atoms with E-state index < -0.39 is 90.0 Å². The minimum absolute atomic E-state index is 0.172. The second-order valence-electron chi connectivity index (χ2n) is 14.4. The van der Waals surface area contributed by atoms with Gasteiger partial charge >= 0.3 is 18.2 Å². The van der Waals surface area contributed by atoms with Gasteiger partial charge < -0.3 is 39.0 Å². The van der Waals surface area contributed by atoms with Crippen molar-refractivity contribution in [3.8, 4) is 6.07 Å². The third-order valence-electron chi connectivity index (χ3n) is 10.3. The first-order valence-electron chi connectivity index (χ1n) is 17.1. The van der Waals surface area contributed by atoms with Crippen molar-refractivity contribution >= 4 is 29.7 Å². The first kappa shape index (κ1) is 39.0. The highest BCUT2D eigenvalue weighted by Gasteiger charge is 2.53. The number of aliphatic hydroxyl groups excluding tert-OH is 1. The third kappa shape index (κ3) is 8.04. The molecule has 0 aromatic carbocycles. The van der Waals surface area contributed by atoms with Gasteiger partial charge in [-0.2, -0.15) is 5.26 Å². The van der Waals surface area contributed by atoms with Crippen molar-refractivity contribution < 1.29 is 52.8 Å². The van der Waals surface area contributed by atoms with Crippen LogP contribution in [0, 0.1) is 35.0 Å². The molecule has 13 atom stereocenters. The van der Waals surface area contributed by atoms with E-state index in [2.05, 4.69) is 5.32 Å². The van der Waals surface area contributed by atoms with Gasteiger partial charge in [-0.1, -0.05) is 27.7 Å². The molecule has 15 heteroatoms. The zero-order valence-electron chi connectivity index (χ0n) is 30.2. The number of amides is 1. The number of Topliss-reactive ketones (excluding diaryl/α,β-unsaturated/α-hetero) is 2. The van der Waals surface area contributed by atoms with Crippen molar-refractivity contribution in [2.24, 2.45) is 23.7 Å². The molecule has 276 valence electrons. The Bertz CT molecular complexity index is 1490. The monoisotopic (exact) mass is 702 g/mol. The number of rotatable bonds is 5. The van der Waals surface area contributed by atoms with Gasteiger partial charge in [0.2, 0.25) is 0 Å². The van der Waals surface area contributed by atoms with Crippen LogP contribution < -0.4 is 5.32 Å². The summed E-state index contributed by atoms with van der Waals surface area (Å²) in [5.41, 5.74) is -1.58. The van der Waals surface area contributed by atoms with E-state index in [1.807, 2.05) is 32.0 Å². The molecule has 0 aliphatic carbocycles. The van der Waals surface area contributed by atoms with Crippen molar-refractivity contribution in [1.82, 2.24) is 14.8 Å². The van der Waals surface area contributed by atoms with Gasteiger partial charge in [0.05, 0.1) is 17.7 Å². The molecule has 3 fully saturated rings. The third-order valence-corrected chi connectivity index (χ3v) is 10.3. The van der Waals surface area contributed by atoms with E-state index in [1.54, 1.807) is 20.8 Å². The van der Waals surface area contributed by atoms with E-state index in [0.717, 1.165) is 4.57 Å². The topological polar surface area (TPSA) is 196 Å². The summed E-state index contributed by atoms with van der Waals surface area (Å²) < 4.78 is 31.1. The molecular formula is C35H50N4O11. The lowest BCUT2D eigenvalue weighted by atomic mass is 9.75.